The zero-order chi connectivity index (χ0) is 17.1. The Hall–Kier alpha value is -2.17. The molecule has 128 valence electrons. The number of aromatic nitrogens is 3. The third-order valence-electron chi connectivity index (χ3n) is 4.63. The molecular weight excluding hydrogens is 300 g/mol. The van der Waals surface area contributed by atoms with Gasteiger partial charge in [0.2, 0.25) is 0 Å². The zero-order valence-electron chi connectivity index (χ0n) is 14.8. The first kappa shape index (κ1) is 16.7. The predicted molar refractivity (Wildman–Crippen MR) is 93.9 cm³/mol. The van der Waals surface area contributed by atoms with Gasteiger partial charge in [0.05, 0.1) is 0 Å². The molecule has 1 unspecified atom stereocenters. The minimum Gasteiger partial charge on any atom is -0.337 e. The average Bonchev–Trinajstić information content (AvgIpc) is 3.04. The number of carbonyl (C=O) groups is 1. The van der Waals surface area contributed by atoms with Gasteiger partial charge in [-0.05, 0) is 64.2 Å². The van der Waals surface area contributed by atoms with Crippen LogP contribution in [0.25, 0.3) is 0 Å². The van der Waals surface area contributed by atoms with Crippen molar-refractivity contribution in [3.05, 3.63) is 47.5 Å². The second kappa shape index (κ2) is 7.16. The van der Waals surface area contributed by atoms with Crippen molar-refractivity contribution in [2.24, 2.45) is 5.92 Å². The number of likely N-dealkylation sites (tertiary alicyclic amines) is 1. The molecule has 1 atom stereocenters. The van der Waals surface area contributed by atoms with Crippen LogP contribution < -0.4 is 0 Å². The lowest BCUT2D eigenvalue weighted by atomic mass is 9.93. The van der Waals surface area contributed by atoms with Gasteiger partial charge in [-0.2, -0.15) is 5.10 Å². The standard InChI is InChI=1S/C19H26N4O/c1-14(2)23-18(9-10-20-23)19(24)22-11-5-7-16(13-22)12-17-8-4-6-15(3)21-17/h4,6,8-10,14,16H,5,7,11-13H2,1-3H3. The summed E-state index contributed by atoms with van der Waals surface area (Å²) in [6, 6.07) is 8.18. The number of amides is 1. The summed E-state index contributed by atoms with van der Waals surface area (Å²) in [4.78, 5) is 19.5. The number of hydrogen-bond acceptors (Lipinski definition) is 3. The smallest absolute Gasteiger partial charge is 0.272 e. The fourth-order valence-electron chi connectivity index (χ4n) is 3.48. The van der Waals surface area contributed by atoms with Crippen molar-refractivity contribution in [3.63, 3.8) is 0 Å². The molecule has 1 aliphatic heterocycles. The zero-order valence-corrected chi connectivity index (χ0v) is 14.8. The molecule has 24 heavy (non-hydrogen) atoms. The Labute approximate surface area is 143 Å². The molecule has 0 aromatic carbocycles. The number of aryl methyl sites for hydroxylation is 1. The monoisotopic (exact) mass is 326 g/mol. The molecule has 0 aliphatic carbocycles. The Balaban J connectivity index is 1.69. The summed E-state index contributed by atoms with van der Waals surface area (Å²) in [7, 11) is 0. The van der Waals surface area contributed by atoms with E-state index in [1.165, 1.54) is 0 Å². The molecule has 0 spiro atoms. The molecule has 2 aromatic heterocycles. The van der Waals surface area contributed by atoms with Gasteiger partial charge >= 0.3 is 0 Å². The van der Waals surface area contributed by atoms with Crippen LogP contribution in [0.4, 0.5) is 0 Å². The van der Waals surface area contributed by atoms with Crippen LogP contribution in [0.5, 0.6) is 0 Å². The van der Waals surface area contributed by atoms with Crippen LogP contribution in [0.15, 0.2) is 30.5 Å². The van der Waals surface area contributed by atoms with E-state index in [2.05, 4.69) is 22.2 Å². The van der Waals surface area contributed by atoms with E-state index in [1.807, 2.05) is 42.5 Å². The topological polar surface area (TPSA) is 51.0 Å². The molecule has 5 heteroatoms. The highest BCUT2D eigenvalue weighted by atomic mass is 16.2. The van der Waals surface area contributed by atoms with E-state index in [0.29, 0.717) is 11.6 Å². The Morgan fingerprint density at radius 2 is 2.17 bits per heavy atom. The van der Waals surface area contributed by atoms with Crippen LogP contribution in [-0.2, 0) is 6.42 Å². The first-order valence-corrected chi connectivity index (χ1v) is 8.80. The first-order valence-electron chi connectivity index (χ1n) is 8.80. The van der Waals surface area contributed by atoms with Gasteiger partial charge in [0.25, 0.3) is 5.91 Å². The van der Waals surface area contributed by atoms with E-state index in [1.54, 1.807) is 6.20 Å². The normalized spacial score (nSPS) is 18.2. The second-order valence-electron chi connectivity index (χ2n) is 6.99. The molecule has 0 bridgehead atoms. The van der Waals surface area contributed by atoms with Gasteiger partial charge in [-0.3, -0.25) is 14.5 Å². The third-order valence-corrected chi connectivity index (χ3v) is 4.63. The van der Waals surface area contributed by atoms with Crippen LogP contribution in [0.3, 0.4) is 0 Å². The van der Waals surface area contributed by atoms with Crippen LogP contribution in [-0.4, -0.2) is 38.7 Å². The largest absolute Gasteiger partial charge is 0.337 e. The number of pyridine rings is 1. The van der Waals surface area contributed by atoms with Gasteiger partial charge < -0.3 is 4.90 Å². The maximum absolute atomic E-state index is 12.9. The maximum atomic E-state index is 12.9. The van der Waals surface area contributed by atoms with Crippen molar-refractivity contribution < 1.29 is 4.79 Å². The summed E-state index contributed by atoms with van der Waals surface area (Å²) in [5.74, 6) is 0.579. The Kier molecular flexibility index (Phi) is 4.97. The molecule has 1 amide bonds. The second-order valence-corrected chi connectivity index (χ2v) is 6.99. The molecule has 0 radical (unpaired) electrons. The first-order chi connectivity index (χ1) is 11.5. The summed E-state index contributed by atoms with van der Waals surface area (Å²) in [5, 5.41) is 4.29. The van der Waals surface area contributed by atoms with Crippen molar-refractivity contribution in [1.82, 2.24) is 19.7 Å². The van der Waals surface area contributed by atoms with Gasteiger partial charge in [-0.15, -0.1) is 0 Å². The quantitative estimate of drug-likeness (QED) is 0.866. The fourth-order valence-corrected chi connectivity index (χ4v) is 3.48. The van der Waals surface area contributed by atoms with Crippen molar-refractivity contribution in [2.75, 3.05) is 13.1 Å². The van der Waals surface area contributed by atoms with Crippen LogP contribution in [0.2, 0.25) is 0 Å². The Bertz CT molecular complexity index is 707. The molecule has 0 N–H and O–H groups in total. The van der Waals surface area contributed by atoms with Gasteiger partial charge in [0, 0.05) is 36.7 Å². The molecule has 3 heterocycles. The minimum absolute atomic E-state index is 0.100. The molecule has 1 aliphatic rings. The van der Waals surface area contributed by atoms with Gasteiger partial charge in [-0.1, -0.05) is 6.07 Å². The summed E-state index contributed by atoms with van der Waals surface area (Å²) in [5.41, 5.74) is 2.87. The summed E-state index contributed by atoms with van der Waals surface area (Å²) >= 11 is 0. The summed E-state index contributed by atoms with van der Waals surface area (Å²) < 4.78 is 1.81. The average molecular weight is 326 g/mol. The van der Waals surface area contributed by atoms with E-state index >= 15 is 0 Å². The van der Waals surface area contributed by atoms with Crippen LogP contribution in [0.1, 0.15) is 54.6 Å². The molecular formula is C19H26N4O. The van der Waals surface area contributed by atoms with E-state index in [4.69, 9.17) is 0 Å². The van der Waals surface area contributed by atoms with Gasteiger partial charge in [0.15, 0.2) is 0 Å². The van der Waals surface area contributed by atoms with Crippen molar-refractivity contribution >= 4 is 5.91 Å². The van der Waals surface area contributed by atoms with Gasteiger partial charge in [-0.25, -0.2) is 0 Å². The Morgan fingerprint density at radius 3 is 2.92 bits per heavy atom. The third kappa shape index (κ3) is 3.66. The highest BCUT2D eigenvalue weighted by Gasteiger charge is 2.27. The lowest BCUT2D eigenvalue weighted by Gasteiger charge is -2.33. The molecule has 1 saturated heterocycles. The number of carbonyl (C=O) groups excluding carboxylic acids is 1. The SMILES string of the molecule is Cc1cccc(CC2CCCN(C(=O)c3ccnn3C(C)C)C2)n1. The lowest BCUT2D eigenvalue weighted by Crippen LogP contribution is -2.41. The van der Waals surface area contributed by atoms with Crippen molar-refractivity contribution in [3.8, 4) is 0 Å². The van der Waals surface area contributed by atoms with Crippen molar-refractivity contribution in [2.45, 2.75) is 46.1 Å². The predicted octanol–water partition coefficient (Wildman–Crippen LogP) is 3.26. The molecule has 0 saturated carbocycles. The highest BCUT2D eigenvalue weighted by Crippen LogP contribution is 2.22. The Morgan fingerprint density at radius 1 is 1.33 bits per heavy atom. The number of rotatable bonds is 4. The fraction of sp³-hybridized carbons (Fsp3) is 0.526. The summed E-state index contributed by atoms with van der Waals surface area (Å²) in [6.45, 7) is 7.75. The van der Waals surface area contributed by atoms with Crippen LogP contribution in [0, 0.1) is 12.8 Å². The minimum atomic E-state index is 0.100. The van der Waals surface area contributed by atoms with E-state index in [-0.39, 0.29) is 11.9 Å². The molecule has 1 fully saturated rings. The lowest BCUT2D eigenvalue weighted by molar-refractivity contribution is 0.0658. The van der Waals surface area contributed by atoms with E-state index in [0.717, 1.165) is 43.7 Å². The van der Waals surface area contributed by atoms with Crippen LogP contribution >= 0.6 is 0 Å². The van der Waals surface area contributed by atoms with E-state index in [9.17, 15) is 4.79 Å². The number of nitrogens with zero attached hydrogens (tertiary/aromatic N) is 4. The van der Waals surface area contributed by atoms with Crippen molar-refractivity contribution in [1.29, 1.82) is 0 Å². The number of hydrogen-bond donors (Lipinski definition) is 0. The highest BCUT2D eigenvalue weighted by molar-refractivity contribution is 5.92. The number of piperidine rings is 1. The molecule has 2 aromatic rings. The van der Waals surface area contributed by atoms with E-state index < -0.39 is 0 Å². The maximum Gasteiger partial charge on any atom is 0.272 e. The van der Waals surface area contributed by atoms with Gasteiger partial charge in [0.1, 0.15) is 5.69 Å². The summed E-state index contributed by atoms with van der Waals surface area (Å²) in [6.07, 6.45) is 4.86. The molecule has 3 rings (SSSR count). The molecule has 5 nitrogen and oxygen atoms in total.